The van der Waals surface area contributed by atoms with Gasteiger partial charge in [-0.05, 0) is 43.4 Å². The Labute approximate surface area is 127 Å². The van der Waals surface area contributed by atoms with Gasteiger partial charge in [0.15, 0.2) is 0 Å². The van der Waals surface area contributed by atoms with Crippen LogP contribution in [-0.2, 0) is 16.0 Å². The minimum atomic E-state index is -0.359. The number of rotatable bonds is 7. The third-order valence-electron chi connectivity index (χ3n) is 3.95. The number of nitrogens with one attached hydrogen (secondary N) is 1. The fourth-order valence-corrected chi connectivity index (χ4v) is 2.63. The largest absolute Gasteiger partial charge is 0.364 e. The van der Waals surface area contributed by atoms with E-state index < -0.39 is 0 Å². The highest BCUT2D eigenvalue weighted by atomic mass is 16.5. The normalized spacial score (nSPS) is 21.4. The minimum Gasteiger partial charge on any atom is -0.364 e. The predicted molar refractivity (Wildman–Crippen MR) is 85.3 cm³/mol. The van der Waals surface area contributed by atoms with Gasteiger partial charge in [0.05, 0.1) is 6.10 Å². The molecule has 1 aliphatic rings. The van der Waals surface area contributed by atoms with E-state index >= 15 is 0 Å². The van der Waals surface area contributed by atoms with Crippen molar-refractivity contribution in [3.63, 3.8) is 0 Å². The van der Waals surface area contributed by atoms with Crippen molar-refractivity contribution in [3.05, 3.63) is 29.8 Å². The molecule has 1 amide bonds. The molecule has 1 aromatic carbocycles. The highest BCUT2D eigenvalue weighted by Gasteiger charge is 2.29. The van der Waals surface area contributed by atoms with Crippen molar-refractivity contribution in [2.24, 2.45) is 5.73 Å². The summed E-state index contributed by atoms with van der Waals surface area (Å²) >= 11 is 0. The number of carbonyl (C=O) groups excluding carboxylic acids is 1. The molecule has 0 aromatic heterocycles. The lowest BCUT2D eigenvalue weighted by molar-refractivity contribution is -0.126. The molecule has 0 aliphatic carbocycles. The number of amides is 1. The van der Waals surface area contributed by atoms with Crippen molar-refractivity contribution < 1.29 is 9.53 Å². The smallest absolute Gasteiger partial charge is 0.253 e. The Morgan fingerprint density at radius 2 is 2.05 bits per heavy atom. The third kappa shape index (κ3) is 4.83. The molecular weight excluding hydrogens is 264 g/mol. The van der Waals surface area contributed by atoms with Gasteiger partial charge in [-0.25, -0.2) is 0 Å². The molecule has 116 valence electrons. The lowest BCUT2D eigenvalue weighted by Gasteiger charge is -2.13. The molecule has 21 heavy (non-hydrogen) atoms. The summed E-state index contributed by atoms with van der Waals surface area (Å²) in [5, 5.41) is 2.92. The Kier molecular flexibility index (Phi) is 6.21. The van der Waals surface area contributed by atoms with Crippen LogP contribution in [0.3, 0.4) is 0 Å². The second kappa shape index (κ2) is 8.15. The average Bonchev–Trinajstić information content (AvgIpc) is 2.98. The summed E-state index contributed by atoms with van der Waals surface area (Å²) in [6, 6.07) is 8.11. The highest BCUT2D eigenvalue weighted by Crippen LogP contribution is 2.20. The molecule has 3 N–H and O–H groups in total. The number of benzene rings is 1. The van der Waals surface area contributed by atoms with Gasteiger partial charge in [0, 0.05) is 12.2 Å². The summed E-state index contributed by atoms with van der Waals surface area (Å²) in [5.74, 6) is -0.0651. The highest BCUT2D eigenvalue weighted by molar-refractivity contribution is 5.94. The van der Waals surface area contributed by atoms with Gasteiger partial charge in [0.25, 0.3) is 5.91 Å². The van der Waals surface area contributed by atoms with Crippen LogP contribution in [0.1, 0.15) is 44.6 Å². The maximum atomic E-state index is 12.1. The van der Waals surface area contributed by atoms with Crippen LogP contribution in [0, 0.1) is 0 Å². The summed E-state index contributed by atoms with van der Waals surface area (Å²) in [7, 11) is 0. The summed E-state index contributed by atoms with van der Waals surface area (Å²) in [6.45, 7) is 2.69. The first-order chi connectivity index (χ1) is 10.2. The predicted octanol–water partition coefficient (Wildman–Crippen LogP) is 2.86. The molecule has 0 bridgehead atoms. The molecule has 1 saturated heterocycles. The van der Waals surface area contributed by atoms with E-state index in [9.17, 15) is 4.79 Å². The number of hydrogen-bond acceptors (Lipinski definition) is 3. The van der Waals surface area contributed by atoms with Crippen molar-refractivity contribution in [2.75, 3.05) is 11.9 Å². The van der Waals surface area contributed by atoms with Crippen molar-refractivity contribution in [1.82, 2.24) is 0 Å². The molecule has 1 aliphatic heterocycles. The van der Waals surface area contributed by atoms with E-state index in [-0.39, 0.29) is 18.1 Å². The summed E-state index contributed by atoms with van der Waals surface area (Å²) in [6.07, 6.45) is 6.11. The molecule has 4 heteroatoms. The van der Waals surface area contributed by atoms with E-state index in [1.165, 1.54) is 24.8 Å². The Bertz CT molecular complexity index is 445. The van der Waals surface area contributed by atoms with Crippen LogP contribution >= 0.6 is 0 Å². The second-order valence-corrected chi connectivity index (χ2v) is 5.70. The van der Waals surface area contributed by atoms with Crippen LogP contribution in [0.5, 0.6) is 0 Å². The number of aryl methyl sites for hydroxylation is 1. The van der Waals surface area contributed by atoms with Gasteiger partial charge in [0.2, 0.25) is 0 Å². The number of hydrogen-bond donors (Lipinski definition) is 2. The first kappa shape index (κ1) is 16.0. The van der Waals surface area contributed by atoms with Crippen LogP contribution in [0.2, 0.25) is 0 Å². The first-order valence-electron chi connectivity index (χ1n) is 7.98. The lowest BCUT2D eigenvalue weighted by Crippen LogP contribution is -2.29. The Hall–Kier alpha value is -1.39. The van der Waals surface area contributed by atoms with E-state index in [4.69, 9.17) is 10.5 Å². The SMILES string of the molecule is CCCCCc1ccc(NC(=O)[C@@H]2CC[C@H](CN)O2)cc1. The van der Waals surface area contributed by atoms with Gasteiger partial charge in [-0.1, -0.05) is 31.9 Å². The van der Waals surface area contributed by atoms with E-state index in [1.807, 2.05) is 12.1 Å². The van der Waals surface area contributed by atoms with Crippen LogP contribution in [0.4, 0.5) is 5.69 Å². The molecule has 4 nitrogen and oxygen atoms in total. The van der Waals surface area contributed by atoms with Crippen LogP contribution in [0.15, 0.2) is 24.3 Å². The fourth-order valence-electron chi connectivity index (χ4n) is 2.63. The molecule has 1 heterocycles. The van der Waals surface area contributed by atoms with E-state index in [0.29, 0.717) is 6.54 Å². The van der Waals surface area contributed by atoms with Crippen LogP contribution in [0.25, 0.3) is 0 Å². The van der Waals surface area contributed by atoms with Gasteiger partial charge in [-0.3, -0.25) is 4.79 Å². The Morgan fingerprint density at radius 3 is 2.67 bits per heavy atom. The topological polar surface area (TPSA) is 64.4 Å². The molecule has 1 fully saturated rings. The maximum absolute atomic E-state index is 12.1. The standard InChI is InChI=1S/C17H26N2O2/c1-2-3-4-5-13-6-8-14(9-7-13)19-17(20)16-11-10-15(12-18)21-16/h6-9,15-16H,2-5,10-12,18H2,1H3,(H,19,20)/t15-,16+/m1/s1. The van der Waals surface area contributed by atoms with Gasteiger partial charge in [-0.15, -0.1) is 0 Å². The monoisotopic (exact) mass is 290 g/mol. The quantitative estimate of drug-likeness (QED) is 0.759. The molecule has 2 atom stereocenters. The van der Waals surface area contributed by atoms with Gasteiger partial charge >= 0.3 is 0 Å². The third-order valence-corrected chi connectivity index (χ3v) is 3.95. The Balaban J connectivity index is 1.81. The summed E-state index contributed by atoms with van der Waals surface area (Å²) < 4.78 is 5.60. The van der Waals surface area contributed by atoms with Gasteiger partial charge in [0.1, 0.15) is 6.10 Å². The number of unbranched alkanes of at least 4 members (excludes halogenated alkanes) is 2. The van der Waals surface area contributed by atoms with E-state index in [1.54, 1.807) is 0 Å². The van der Waals surface area contributed by atoms with Crippen molar-refractivity contribution >= 4 is 11.6 Å². The fraction of sp³-hybridized carbons (Fsp3) is 0.588. The van der Waals surface area contributed by atoms with E-state index in [2.05, 4.69) is 24.4 Å². The Morgan fingerprint density at radius 1 is 1.29 bits per heavy atom. The number of carbonyl (C=O) groups is 1. The molecule has 0 radical (unpaired) electrons. The number of anilines is 1. The lowest BCUT2D eigenvalue weighted by atomic mass is 10.1. The summed E-state index contributed by atoms with van der Waals surface area (Å²) in [5.41, 5.74) is 7.71. The van der Waals surface area contributed by atoms with Gasteiger partial charge in [-0.2, -0.15) is 0 Å². The average molecular weight is 290 g/mol. The second-order valence-electron chi connectivity index (χ2n) is 5.70. The van der Waals surface area contributed by atoms with Crippen molar-refractivity contribution in [2.45, 2.75) is 57.7 Å². The first-order valence-corrected chi connectivity index (χ1v) is 7.98. The minimum absolute atomic E-state index is 0.0293. The van der Waals surface area contributed by atoms with Crippen LogP contribution in [-0.4, -0.2) is 24.7 Å². The molecule has 0 spiro atoms. The molecule has 2 rings (SSSR count). The van der Waals surface area contributed by atoms with Crippen molar-refractivity contribution in [1.29, 1.82) is 0 Å². The molecule has 0 unspecified atom stereocenters. The molecule has 0 saturated carbocycles. The zero-order chi connectivity index (χ0) is 15.1. The number of ether oxygens (including phenoxy) is 1. The van der Waals surface area contributed by atoms with Gasteiger partial charge < -0.3 is 15.8 Å². The molecular formula is C17H26N2O2. The zero-order valence-electron chi connectivity index (χ0n) is 12.8. The molecule has 1 aromatic rings. The van der Waals surface area contributed by atoms with Crippen molar-refractivity contribution in [3.8, 4) is 0 Å². The van der Waals surface area contributed by atoms with Crippen LogP contribution < -0.4 is 11.1 Å². The zero-order valence-corrected chi connectivity index (χ0v) is 12.8. The summed E-state index contributed by atoms with van der Waals surface area (Å²) in [4.78, 5) is 12.1. The maximum Gasteiger partial charge on any atom is 0.253 e. The number of nitrogens with two attached hydrogens (primary N) is 1. The van der Waals surface area contributed by atoms with E-state index in [0.717, 1.165) is 24.9 Å².